The lowest BCUT2D eigenvalue weighted by Crippen LogP contribution is -2.18. The van der Waals surface area contributed by atoms with Crippen molar-refractivity contribution in [2.45, 2.75) is 11.9 Å². The zero-order chi connectivity index (χ0) is 15.6. The van der Waals surface area contributed by atoms with Crippen LogP contribution in [0.3, 0.4) is 0 Å². The van der Waals surface area contributed by atoms with E-state index in [0.717, 1.165) is 12.3 Å². The Hall–Kier alpha value is -2.69. The molecule has 2 rings (SSSR count). The minimum atomic E-state index is -4.32. The van der Waals surface area contributed by atoms with Crippen molar-refractivity contribution in [3.63, 3.8) is 0 Å². The molecular formula is C10H9FN4O5S. The van der Waals surface area contributed by atoms with Gasteiger partial charge in [-0.05, 0) is 6.92 Å². The highest BCUT2D eigenvalue weighted by Gasteiger charge is 2.24. The van der Waals surface area contributed by atoms with Gasteiger partial charge in [0.15, 0.2) is 11.6 Å². The number of hydrogen-bond donors (Lipinski definition) is 3. The van der Waals surface area contributed by atoms with E-state index in [9.17, 15) is 17.6 Å². The average Bonchev–Trinajstić information content (AvgIpc) is 2.84. The molecule has 2 heterocycles. The summed E-state index contributed by atoms with van der Waals surface area (Å²) in [6, 6.07) is 1.95. The molecule has 0 atom stereocenters. The molecule has 2 aromatic heterocycles. The lowest BCUT2D eigenvalue weighted by Gasteiger charge is -2.09. The topological polar surface area (TPSA) is 134 Å². The van der Waals surface area contributed by atoms with E-state index in [0.29, 0.717) is 0 Å². The molecule has 0 aliphatic carbocycles. The third-order valence-electron chi connectivity index (χ3n) is 2.31. The molecule has 0 aliphatic heterocycles. The number of pyridine rings is 1. The van der Waals surface area contributed by atoms with E-state index in [2.05, 4.69) is 14.7 Å². The van der Waals surface area contributed by atoms with Gasteiger partial charge in [0.1, 0.15) is 6.26 Å². The highest BCUT2D eigenvalue weighted by Crippen LogP contribution is 2.21. The summed E-state index contributed by atoms with van der Waals surface area (Å²) in [5.41, 5.74) is -0.153. The SMILES string of the molecule is Cc1nc(S(=O)(=O)Nc2ccon2)c(F)cc1NC(=O)O. The summed E-state index contributed by atoms with van der Waals surface area (Å²) in [7, 11) is -4.32. The molecule has 3 N–H and O–H groups in total. The lowest BCUT2D eigenvalue weighted by molar-refractivity contribution is 0.209. The van der Waals surface area contributed by atoms with Gasteiger partial charge in [-0.25, -0.2) is 14.2 Å². The average molecular weight is 316 g/mol. The summed E-state index contributed by atoms with van der Waals surface area (Å²) in [4.78, 5) is 14.1. The fraction of sp³-hybridized carbons (Fsp3) is 0.100. The van der Waals surface area contributed by atoms with Crippen molar-refractivity contribution in [3.05, 3.63) is 29.9 Å². The van der Waals surface area contributed by atoms with Crippen LogP contribution in [0.15, 0.2) is 27.9 Å². The van der Waals surface area contributed by atoms with Crippen LogP contribution in [0.2, 0.25) is 0 Å². The van der Waals surface area contributed by atoms with Gasteiger partial charge >= 0.3 is 6.09 Å². The van der Waals surface area contributed by atoms with E-state index in [1.54, 1.807) is 0 Å². The van der Waals surface area contributed by atoms with Crippen LogP contribution in [0.4, 0.5) is 20.7 Å². The predicted octanol–water partition coefficient (Wildman–Crippen LogP) is 1.41. The molecule has 9 nitrogen and oxygen atoms in total. The first-order valence-electron chi connectivity index (χ1n) is 5.40. The van der Waals surface area contributed by atoms with Gasteiger partial charge in [0.05, 0.1) is 11.4 Å². The normalized spacial score (nSPS) is 11.1. The number of amides is 1. The predicted molar refractivity (Wildman–Crippen MR) is 67.9 cm³/mol. The van der Waals surface area contributed by atoms with Crippen molar-refractivity contribution in [2.75, 3.05) is 10.0 Å². The van der Waals surface area contributed by atoms with Crippen LogP contribution in [0.1, 0.15) is 5.69 Å². The maximum Gasteiger partial charge on any atom is 0.409 e. The maximum atomic E-state index is 13.8. The standard InChI is InChI=1S/C10H9FN4O5S/c1-5-7(13-10(16)17)4-6(11)9(12-5)21(18,19)15-8-2-3-20-14-8/h2-4,13H,1H3,(H,14,15)(H,16,17). The summed E-state index contributed by atoms with van der Waals surface area (Å²) in [5, 5.41) is 12.9. The van der Waals surface area contributed by atoms with Crippen molar-refractivity contribution < 1.29 is 27.2 Å². The van der Waals surface area contributed by atoms with Crippen LogP contribution in [-0.2, 0) is 10.0 Å². The van der Waals surface area contributed by atoms with Gasteiger partial charge in [-0.15, -0.1) is 0 Å². The molecule has 0 bridgehead atoms. The maximum absolute atomic E-state index is 13.8. The number of hydrogen-bond acceptors (Lipinski definition) is 6. The lowest BCUT2D eigenvalue weighted by atomic mass is 10.3. The third kappa shape index (κ3) is 3.25. The Bertz CT molecular complexity index is 775. The first-order chi connectivity index (χ1) is 9.79. The van der Waals surface area contributed by atoms with Gasteiger partial charge in [-0.1, -0.05) is 5.16 Å². The molecule has 1 amide bonds. The fourth-order valence-corrected chi connectivity index (χ4v) is 2.49. The Morgan fingerprint density at radius 2 is 2.19 bits per heavy atom. The molecule has 112 valence electrons. The number of carboxylic acid groups (broad SMARTS) is 1. The van der Waals surface area contributed by atoms with E-state index < -0.39 is 27.0 Å². The van der Waals surface area contributed by atoms with E-state index in [4.69, 9.17) is 5.11 Å². The molecule has 0 spiro atoms. The third-order valence-corrected chi connectivity index (χ3v) is 3.58. The summed E-state index contributed by atoms with van der Waals surface area (Å²) >= 11 is 0. The number of anilines is 2. The number of aromatic nitrogens is 2. The number of sulfonamides is 1. The van der Waals surface area contributed by atoms with Crippen molar-refractivity contribution in [2.24, 2.45) is 0 Å². The monoisotopic (exact) mass is 316 g/mol. The fourth-order valence-electron chi connectivity index (χ4n) is 1.44. The second-order valence-corrected chi connectivity index (χ2v) is 5.43. The highest BCUT2D eigenvalue weighted by atomic mass is 32.2. The first kappa shape index (κ1) is 14.7. The Morgan fingerprint density at radius 1 is 1.48 bits per heavy atom. The van der Waals surface area contributed by atoms with Gasteiger partial charge in [0.25, 0.3) is 10.0 Å². The minimum absolute atomic E-state index is 0.000622. The number of carbonyl (C=O) groups is 1. The Balaban J connectivity index is 2.40. The molecule has 11 heteroatoms. The number of rotatable bonds is 4. The molecule has 0 aliphatic rings. The Morgan fingerprint density at radius 3 is 2.76 bits per heavy atom. The summed E-state index contributed by atoms with van der Waals surface area (Å²) in [6.45, 7) is 1.33. The van der Waals surface area contributed by atoms with Crippen molar-refractivity contribution in [1.29, 1.82) is 0 Å². The molecule has 2 aromatic rings. The Labute approximate surface area is 117 Å². The molecule has 0 fully saturated rings. The van der Waals surface area contributed by atoms with Crippen LogP contribution in [0.25, 0.3) is 0 Å². The number of aryl methyl sites for hydroxylation is 1. The summed E-state index contributed by atoms with van der Waals surface area (Å²) in [6.07, 6.45) is -0.289. The first-order valence-corrected chi connectivity index (χ1v) is 6.88. The quantitative estimate of drug-likeness (QED) is 0.776. The molecule has 0 saturated heterocycles. The van der Waals surface area contributed by atoms with E-state index in [1.807, 2.05) is 10.0 Å². The van der Waals surface area contributed by atoms with Crippen molar-refractivity contribution in [1.82, 2.24) is 10.1 Å². The van der Waals surface area contributed by atoms with Crippen LogP contribution in [-0.4, -0.2) is 29.8 Å². The molecule has 0 saturated carbocycles. The molecule has 21 heavy (non-hydrogen) atoms. The smallest absolute Gasteiger partial charge is 0.409 e. The van der Waals surface area contributed by atoms with E-state index in [1.165, 1.54) is 13.0 Å². The second kappa shape index (κ2) is 5.36. The van der Waals surface area contributed by atoms with Gasteiger partial charge in [-0.2, -0.15) is 8.42 Å². The molecule has 0 unspecified atom stereocenters. The number of nitrogens with zero attached hydrogens (tertiary/aromatic N) is 2. The number of nitrogens with one attached hydrogen (secondary N) is 2. The molecule has 0 radical (unpaired) electrons. The highest BCUT2D eigenvalue weighted by molar-refractivity contribution is 7.92. The Kier molecular flexibility index (Phi) is 3.76. The molecule has 0 aromatic carbocycles. The summed E-state index contributed by atoms with van der Waals surface area (Å²) < 4.78 is 44.2. The van der Waals surface area contributed by atoms with Crippen LogP contribution in [0, 0.1) is 12.7 Å². The van der Waals surface area contributed by atoms with Gasteiger partial charge in [0, 0.05) is 12.1 Å². The molecular weight excluding hydrogens is 307 g/mol. The summed E-state index contributed by atoms with van der Waals surface area (Å²) in [5.74, 6) is -1.35. The van der Waals surface area contributed by atoms with Crippen LogP contribution in [0.5, 0.6) is 0 Å². The van der Waals surface area contributed by atoms with Crippen LogP contribution >= 0.6 is 0 Å². The van der Waals surface area contributed by atoms with Crippen molar-refractivity contribution >= 4 is 27.6 Å². The van der Waals surface area contributed by atoms with Gasteiger partial charge in [0.2, 0.25) is 5.03 Å². The minimum Gasteiger partial charge on any atom is -0.465 e. The zero-order valence-corrected chi connectivity index (χ0v) is 11.3. The zero-order valence-electron chi connectivity index (χ0n) is 10.5. The van der Waals surface area contributed by atoms with Crippen LogP contribution < -0.4 is 10.0 Å². The van der Waals surface area contributed by atoms with Gasteiger partial charge in [-0.3, -0.25) is 10.0 Å². The van der Waals surface area contributed by atoms with Gasteiger partial charge < -0.3 is 9.63 Å². The van der Waals surface area contributed by atoms with E-state index >= 15 is 0 Å². The van der Waals surface area contributed by atoms with Crippen molar-refractivity contribution in [3.8, 4) is 0 Å². The second-order valence-electron chi connectivity index (χ2n) is 3.83. The largest absolute Gasteiger partial charge is 0.465 e. The number of halogens is 1. The van der Waals surface area contributed by atoms with E-state index in [-0.39, 0.29) is 17.2 Å².